The second-order valence-electron chi connectivity index (χ2n) is 6.83. The van der Waals surface area contributed by atoms with Crippen LogP contribution in [0.5, 0.6) is 5.75 Å². The van der Waals surface area contributed by atoms with E-state index in [0.717, 1.165) is 22.4 Å². The standard InChI is InChI=1S/C22H23N3O3S/c1-13-9-14(2)20(15(3)10-13)24-19(26)11-17-12-29-22(23-17)25-21(27)16-5-7-18(28-4)8-6-16/h5-10,12H,11H2,1-4H3,(H,24,26)(H,23,25,27). The van der Waals surface area contributed by atoms with Crippen LogP contribution in [0.3, 0.4) is 0 Å². The minimum absolute atomic E-state index is 0.140. The van der Waals surface area contributed by atoms with Crippen molar-refractivity contribution in [2.45, 2.75) is 27.2 Å². The van der Waals surface area contributed by atoms with E-state index in [1.54, 1.807) is 36.8 Å². The minimum atomic E-state index is -0.260. The lowest BCUT2D eigenvalue weighted by Gasteiger charge is -2.12. The molecular weight excluding hydrogens is 386 g/mol. The van der Waals surface area contributed by atoms with Crippen LogP contribution in [0.4, 0.5) is 10.8 Å². The average Bonchev–Trinajstić information content (AvgIpc) is 3.11. The first-order valence-electron chi connectivity index (χ1n) is 9.13. The van der Waals surface area contributed by atoms with Crippen LogP contribution in [0.2, 0.25) is 0 Å². The number of anilines is 2. The number of benzene rings is 2. The number of carbonyl (C=O) groups excluding carboxylic acids is 2. The first-order chi connectivity index (χ1) is 13.9. The Balaban J connectivity index is 1.61. The number of methoxy groups -OCH3 is 1. The topological polar surface area (TPSA) is 80.3 Å². The first-order valence-corrected chi connectivity index (χ1v) is 10.0. The highest BCUT2D eigenvalue weighted by molar-refractivity contribution is 7.14. The summed E-state index contributed by atoms with van der Waals surface area (Å²) >= 11 is 1.29. The maximum Gasteiger partial charge on any atom is 0.257 e. The van der Waals surface area contributed by atoms with E-state index >= 15 is 0 Å². The summed E-state index contributed by atoms with van der Waals surface area (Å²) in [6, 6.07) is 10.9. The van der Waals surface area contributed by atoms with Crippen LogP contribution in [0.15, 0.2) is 41.8 Å². The van der Waals surface area contributed by atoms with Crippen molar-refractivity contribution < 1.29 is 14.3 Å². The third kappa shape index (κ3) is 5.20. The largest absolute Gasteiger partial charge is 0.497 e. The number of nitrogens with one attached hydrogen (secondary N) is 2. The molecule has 29 heavy (non-hydrogen) atoms. The number of carbonyl (C=O) groups is 2. The van der Waals surface area contributed by atoms with E-state index in [0.29, 0.717) is 22.1 Å². The fourth-order valence-electron chi connectivity index (χ4n) is 3.08. The van der Waals surface area contributed by atoms with Crippen molar-refractivity contribution in [1.82, 2.24) is 4.98 Å². The first kappa shape index (κ1) is 20.5. The molecule has 0 aliphatic heterocycles. The highest BCUT2D eigenvalue weighted by Gasteiger charge is 2.13. The van der Waals surface area contributed by atoms with Crippen molar-refractivity contribution in [3.8, 4) is 5.75 Å². The summed E-state index contributed by atoms with van der Waals surface area (Å²) in [5, 5.41) is 7.96. The van der Waals surface area contributed by atoms with Crippen LogP contribution < -0.4 is 15.4 Å². The predicted molar refractivity (Wildman–Crippen MR) is 116 cm³/mol. The van der Waals surface area contributed by atoms with Crippen molar-refractivity contribution in [1.29, 1.82) is 0 Å². The second kappa shape index (κ2) is 8.87. The predicted octanol–water partition coefficient (Wildman–Crippen LogP) is 4.51. The monoisotopic (exact) mass is 409 g/mol. The summed E-state index contributed by atoms with van der Waals surface area (Å²) in [5.41, 5.74) is 5.17. The second-order valence-corrected chi connectivity index (χ2v) is 7.68. The van der Waals surface area contributed by atoms with E-state index in [2.05, 4.69) is 15.6 Å². The molecule has 2 aromatic carbocycles. The van der Waals surface area contributed by atoms with Gasteiger partial charge in [0.1, 0.15) is 5.75 Å². The van der Waals surface area contributed by atoms with Gasteiger partial charge in [0.25, 0.3) is 5.91 Å². The molecule has 150 valence electrons. The maximum absolute atomic E-state index is 12.4. The van der Waals surface area contributed by atoms with Crippen molar-refractivity contribution in [2.24, 2.45) is 0 Å². The Bertz CT molecular complexity index is 1020. The van der Waals surface area contributed by atoms with E-state index in [1.165, 1.54) is 11.3 Å². The van der Waals surface area contributed by atoms with Gasteiger partial charge < -0.3 is 10.1 Å². The Morgan fingerprint density at radius 1 is 1.03 bits per heavy atom. The third-order valence-electron chi connectivity index (χ3n) is 4.41. The van der Waals surface area contributed by atoms with Crippen LogP contribution in [-0.2, 0) is 11.2 Å². The van der Waals surface area contributed by atoms with Gasteiger partial charge in [0, 0.05) is 16.6 Å². The van der Waals surface area contributed by atoms with Gasteiger partial charge in [-0.15, -0.1) is 11.3 Å². The van der Waals surface area contributed by atoms with Crippen molar-refractivity contribution in [3.05, 3.63) is 69.7 Å². The molecule has 2 amide bonds. The molecule has 0 saturated carbocycles. The molecule has 3 aromatic rings. The summed E-state index contributed by atoms with van der Waals surface area (Å²) in [4.78, 5) is 29.1. The SMILES string of the molecule is COc1ccc(C(=O)Nc2nc(CC(=O)Nc3c(C)cc(C)cc3C)cs2)cc1. The summed E-state index contributed by atoms with van der Waals surface area (Å²) in [7, 11) is 1.57. The van der Waals surface area contributed by atoms with Crippen molar-refractivity contribution >= 4 is 34.0 Å². The highest BCUT2D eigenvalue weighted by atomic mass is 32.1. The van der Waals surface area contributed by atoms with Crippen LogP contribution >= 0.6 is 11.3 Å². The van der Waals surface area contributed by atoms with Crippen LogP contribution in [-0.4, -0.2) is 23.9 Å². The number of nitrogens with zero attached hydrogens (tertiary/aromatic N) is 1. The Hall–Kier alpha value is -3.19. The molecule has 0 saturated heterocycles. The maximum atomic E-state index is 12.4. The number of amides is 2. The van der Waals surface area contributed by atoms with Gasteiger partial charge in [-0.05, 0) is 56.2 Å². The molecule has 0 aliphatic carbocycles. The van der Waals surface area contributed by atoms with Gasteiger partial charge in [0.15, 0.2) is 5.13 Å². The normalized spacial score (nSPS) is 10.5. The van der Waals surface area contributed by atoms with Gasteiger partial charge in [-0.1, -0.05) is 17.7 Å². The number of ether oxygens (including phenoxy) is 1. The molecule has 0 spiro atoms. The van der Waals surface area contributed by atoms with Gasteiger partial charge in [-0.2, -0.15) is 0 Å². The molecule has 6 nitrogen and oxygen atoms in total. The number of hydrogen-bond donors (Lipinski definition) is 2. The Labute approximate surface area is 173 Å². The molecule has 3 rings (SSSR count). The molecule has 1 aromatic heterocycles. The van der Waals surface area contributed by atoms with E-state index in [4.69, 9.17) is 4.74 Å². The number of hydrogen-bond acceptors (Lipinski definition) is 5. The smallest absolute Gasteiger partial charge is 0.257 e. The number of thiazole rings is 1. The number of aromatic nitrogens is 1. The van der Waals surface area contributed by atoms with E-state index in [1.807, 2.05) is 32.9 Å². The lowest BCUT2D eigenvalue weighted by molar-refractivity contribution is -0.115. The van der Waals surface area contributed by atoms with Crippen LogP contribution in [0, 0.1) is 20.8 Å². The quantitative estimate of drug-likeness (QED) is 0.628. The summed E-state index contributed by atoms with van der Waals surface area (Å²) < 4.78 is 5.09. The van der Waals surface area contributed by atoms with Crippen molar-refractivity contribution in [2.75, 3.05) is 17.7 Å². The van der Waals surface area contributed by atoms with Gasteiger partial charge in [0.05, 0.1) is 19.2 Å². The Morgan fingerprint density at radius 3 is 2.31 bits per heavy atom. The summed E-state index contributed by atoms with van der Waals surface area (Å²) in [6.45, 7) is 5.99. The van der Waals surface area contributed by atoms with Crippen molar-refractivity contribution in [3.63, 3.8) is 0 Å². The molecule has 0 atom stereocenters. The molecule has 1 heterocycles. The fraction of sp³-hybridized carbons (Fsp3) is 0.227. The molecule has 0 fully saturated rings. The molecule has 0 bridgehead atoms. The lowest BCUT2D eigenvalue weighted by atomic mass is 10.0. The Morgan fingerprint density at radius 2 is 1.69 bits per heavy atom. The third-order valence-corrected chi connectivity index (χ3v) is 5.21. The zero-order chi connectivity index (χ0) is 21.0. The van der Waals surface area contributed by atoms with Crippen LogP contribution in [0.25, 0.3) is 0 Å². The van der Waals surface area contributed by atoms with E-state index < -0.39 is 0 Å². The minimum Gasteiger partial charge on any atom is -0.497 e. The van der Waals surface area contributed by atoms with Gasteiger partial charge in [-0.25, -0.2) is 4.98 Å². The highest BCUT2D eigenvalue weighted by Crippen LogP contribution is 2.23. The molecule has 0 unspecified atom stereocenters. The number of rotatable bonds is 6. The molecule has 2 N–H and O–H groups in total. The van der Waals surface area contributed by atoms with E-state index in [9.17, 15) is 9.59 Å². The lowest BCUT2D eigenvalue weighted by Crippen LogP contribution is -2.16. The van der Waals surface area contributed by atoms with Gasteiger partial charge >= 0.3 is 0 Å². The van der Waals surface area contributed by atoms with Gasteiger partial charge in [-0.3, -0.25) is 14.9 Å². The average molecular weight is 410 g/mol. The number of aryl methyl sites for hydroxylation is 3. The fourth-order valence-corrected chi connectivity index (χ4v) is 3.79. The summed E-state index contributed by atoms with van der Waals surface area (Å²) in [6.07, 6.45) is 0.141. The molecule has 0 aliphatic rings. The van der Waals surface area contributed by atoms with Gasteiger partial charge in [0.2, 0.25) is 5.91 Å². The molecule has 7 heteroatoms. The molecular formula is C22H23N3O3S. The van der Waals surface area contributed by atoms with Crippen LogP contribution in [0.1, 0.15) is 32.7 Å². The molecule has 0 radical (unpaired) electrons. The summed E-state index contributed by atoms with van der Waals surface area (Å²) in [5.74, 6) is 0.283. The zero-order valence-corrected chi connectivity index (χ0v) is 17.6. The zero-order valence-electron chi connectivity index (χ0n) is 16.8. The van der Waals surface area contributed by atoms with E-state index in [-0.39, 0.29) is 18.2 Å². The Kier molecular flexibility index (Phi) is 6.29.